The van der Waals surface area contributed by atoms with Gasteiger partial charge in [0.2, 0.25) is 0 Å². The molecule has 0 bridgehead atoms. The highest BCUT2D eigenvalue weighted by molar-refractivity contribution is 7.17. The Hall–Kier alpha value is -1.72. The lowest BCUT2D eigenvalue weighted by atomic mass is 10.1. The van der Waals surface area contributed by atoms with E-state index in [1.54, 1.807) is 12.1 Å². The normalized spacial score (nSPS) is 21.3. The summed E-state index contributed by atoms with van der Waals surface area (Å²) in [7, 11) is 0. The zero-order valence-electron chi connectivity index (χ0n) is 12.5. The van der Waals surface area contributed by atoms with Gasteiger partial charge in [-0.2, -0.15) is 0 Å². The molecule has 2 heterocycles. The second kappa shape index (κ2) is 6.18. The zero-order chi connectivity index (χ0) is 15.7. The summed E-state index contributed by atoms with van der Waals surface area (Å²) in [5, 5.41) is 0. The smallest absolute Gasteiger partial charge is 0.264 e. The molecule has 1 aromatic carbocycles. The third-order valence-electron chi connectivity index (χ3n) is 4.20. The van der Waals surface area contributed by atoms with Crippen LogP contribution in [0.3, 0.4) is 0 Å². The van der Waals surface area contributed by atoms with Gasteiger partial charge in [0.1, 0.15) is 5.82 Å². The molecule has 1 amide bonds. The summed E-state index contributed by atoms with van der Waals surface area (Å²) >= 11 is 1.45. The number of likely N-dealkylation sites (tertiary alicyclic amines) is 1. The summed E-state index contributed by atoms with van der Waals surface area (Å²) in [6.07, 6.45) is 0.971. The Morgan fingerprint density at radius 1 is 1.32 bits per heavy atom. The molecule has 22 heavy (non-hydrogen) atoms. The highest BCUT2D eigenvalue weighted by Crippen LogP contribution is 2.31. The molecule has 3 nitrogen and oxygen atoms in total. The predicted octanol–water partition coefficient (Wildman–Crippen LogP) is 3.36. The summed E-state index contributed by atoms with van der Waals surface area (Å²) < 4.78 is 13.0. The van der Waals surface area contributed by atoms with Gasteiger partial charge in [-0.25, -0.2) is 4.39 Å². The summed E-state index contributed by atoms with van der Waals surface area (Å²) in [5.74, 6) is 0.215. The number of carbonyl (C=O) groups is 1. The third kappa shape index (κ3) is 2.91. The number of hydrogen-bond donors (Lipinski definition) is 1. The van der Waals surface area contributed by atoms with Gasteiger partial charge in [-0.3, -0.25) is 4.79 Å². The fourth-order valence-corrected chi connectivity index (χ4v) is 3.93. The van der Waals surface area contributed by atoms with E-state index < -0.39 is 0 Å². The zero-order valence-corrected chi connectivity index (χ0v) is 13.3. The van der Waals surface area contributed by atoms with Crippen molar-refractivity contribution in [2.45, 2.75) is 19.4 Å². The first kappa shape index (κ1) is 15.2. The lowest BCUT2D eigenvalue weighted by Gasteiger charge is -2.20. The second-order valence-electron chi connectivity index (χ2n) is 5.81. The van der Waals surface area contributed by atoms with Gasteiger partial charge < -0.3 is 10.6 Å². The molecule has 0 radical (unpaired) electrons. The molecule has 5 heteroatoms. The van der Waals surface area contributed by atoms with Gasteiger partial charge in [0.05, 0.1) is 4.88 Å². The molecule has 2 atom stereocenters. The Morgan fingerprint density at radius 3 is 2.68 bits per heavy atom. The number of amides is 1. The maximum atomic E-state index is 13.0. The molecule has 2 aromatic rings. The molecule has 1 fully saturated rings. The molecule has 0 aliphatic carbocycles. The fraction of sp³-hybridized carbons (Fsp3) is 0.353. The van der Waals surface area contributed by atoms with Crippen molar-refractivity contribution in [1.29, 1.82) is 0 Å². The molecule has 1 saturated heterocycles. The van der Waals surface area contributed by atoms with Crippen LogP contribution in [-0.2, 0) is 0 Å². The lowest BCUT2D eigenvalue weighted by molar-refractivity contribution is 0.0748. The van der Waals surface area contributed by atoms with Gasteiger partial charge >= 0.3 is 0 Å². The summed E-state index contributed by atoms with van der Waals surface area (Å²) in [6.45, 7) is 3.43. The number of nitrogens with two attached hydrogens (primary N) is 1. The van der Waals surface area contributed by atoms with E-state index in [4.69, 9.17) is 5.73 Å². The maximum absolute atomic E-state index is 13.0. The number of rotatable bonds is 3. The van der Waals surface area contributed by atoms with E-state index in [-0.39, 0.29) is 17.8 Å². The molecule has 3 rings (SSSR count). The molecule has 1 aromatic heterocycles. The quantitative estimate of drug-likeness (QED) is 0.943. The summed E-state index contributed by atoms with van der Waals surface area (Å²) in [4.78, 5) is 16.3. The minimum atomic E-state index is -0.254. The van der Waals surface area contributed by atoms with Crippen molar-refractivity contribution in [2.24, 2.45) is 11.7 Å². The first-order chi connectivity index (χ1) is 10.6. The molecule has 2 N–H and O–H groups in total. The van der Waals surface area contributed by atoms with Gasteiger partial charge in [0, 0.05) is 17.5 Å². The van der Waals surface area contributed by atoms with Crippen molar-refractivity contribution >= 4 is 17.2 Å². The molecular weight excluding hydrogens is 299 g/mol. The number of nitrogens with zero attached hydrogens (tertiary/aromatic N) is 1. The Kier molecular flexibility index (Phi) is 4.27. The Labute approximate surface area is 133 Å². The van der Waals surface area contributed by atoms with Crippen molar-refractivity contribution < 1.29 is 9.18 Å². The molecule has 2 unspecified atom stereocenters. The van der Waals surface area contributed by atoms with Crippen LogP contribution in [0.4, 0.5) is 4.39 Å². The Bertz CT molecular complexity index is 668. The van der Waals surface area contributed by atoms with Crippen molar-refractivity contribution in [1.82, 2.24) is 4.90 Å². The average molecular weight is 318 g/mol. The largest absolute Gasteiger partial charge is 0.335 e. The van der Waals surface area contributed by atoms with Crippen LogP contribution in [0.2, 0.25) is 0 Å². The van der Waals surface area contributed by atoms with Crippen LogP contribution in [0.1, 0.15) is 23.0 Å². The summed E-state index contributed by atoms with van der Waals surface area (Å²) in [5.41, 5.74) is 6.65. The van der Waals surface area contributed by atoms with Gasteiger partial charge in [0.15, 0.2) is 0 Å². The number of carbonyl (C=O) groups excluding carboxylic acids is 1. The molecule has 0 saturated carbocycles. The molecule has 1 aliphatic rings. The number of thiophene rings is 1. The van der Waals surface area contributed by atoms with E-state index in [0.29, 0.717) is 12.5 Å². The Balaban J connectivity index is 1.79. The van der Waals surface area contributed by atoms with Gasteiger partial charge in [-0.15, -0.1) is 11.3 Å². The van der Waals surface area contributed by atoms with Crippen LogP contribution >= 0.6 is 11.3 Å². The molecular formula is C17H19FN2OS. The van der Waals surface area contributed by atoms with E-state index >= 15 is 0 Å². The first-order valence-corrected chi connectivity index (χ1v) is 8.27. The first-order valence-electron chi connectivity index (χ1n) is 7.45. The van der Waals surface area contributed by atoms with Crippen molar-refractivity contribution in [3.05, 3.63) is 47.1 Å². The van der Waals surface area contributed by atoms with Crippen LogP contribution in [0.25, 0.3) is 10.4 Å². The second-order valence-corrected chi connectivity index (χ2v) is 6.90. The molecule has 0 spiro atoms. The van der Waals surface area contributed by atoms with Crippen LogP contribution in [0.5, 0.6) is 0 Å². The predicted molar refractivity (Wildman–Crippen MR) is 87.4 cm³/mol. The van der Waals surface area contributed by atoms with Crippen LogP contribution < -0.4 is 5.73 Å². The lowest BCUT2D eigenvalue weighted by Crippen LogP contribution is -2.33. The van der Waals surface area contributed by atoms with Gasteiger partial charge in [-0.05, 0) is 55.6 Å². The molecule has 116 valence electrons. The number of benzene rings is 1. The van der Waals surface area contributed by atoms with E-state index in [9.17, 15) is 9.18 Å². The topological polar surface area (TPSA) is 46.3 Å². The number of halogens is 1. The van der Waals surface area contributed by atoms with E-state index in [1.807, 2.05) is 17.0 Å². The van der Waals surface area contributed by atoms with Gasteiger partial charge in [-0.1, -0.05) is 12.1 Å². The SMILES string of the molecule is CC1CC(CN)CN1C(=O)c1ccc(-c2ccc(F)cc2)s1. The van der Waals surface area contributed by atoms with Crippen molar-refractivity contribution in [2.75, 3.05) is 13.1 Å². The monoisotopic (exact) mass is 318 g/mol. The van der Waals surface area contributed by atoms with E-state index in [2.05, 4.69) is 6.92 Å². The van der Waals surface area contributed by atoms with Gasteiger partial charge in [0.25, 0.3) is 5.91 Å². The van der Waals surface area contributed by atoms with Crippen LogP contribution in [0, 0.1) is 11.7 Å². The van der Waals surface area contributed by atoms with Crippen molar-refractivity contribution in [3.63, 3.8) is 0 Å². The maximum Gasteiger partial charge on any atom is 0.264 e. The summed E-state index contributed by atoms with van der Waals surface area (Å²) in [6, 6.07) is 10.4. The minimum Gasteiger partial charge on any atom is -0.335 e. The van der Waals surface area contributed by atoms with Crippen LogP contribution in [0.15, 0.2) is 36.4 Å². The van der Waals surface area contributed by atoms with Crippen molar-refractivity contribution in [3.8, 4) is 10.4 Å². The van der Waals surface area contributed by atoms with E-state index in [1.165, 1.54) is 23.5 Å². The fourth-order valence-electron chi connectivity index (χ4n) is 2.96. The minimum absolute atomic E-state index is 0.0711. The van der Waals surface area contributed by atoms with Crippen LogP contribution in [-0.4, -0.2) is 29.9 Å². The Morgan fingerprint density at radius 2 is 2.05 bits per heavy atom. The number of hydrogen-bond acceptors (Lipinski definition) is 3. The standard InChI is InChI=1S/C17H19FN2OS/c1-11-8-12(9-19)10-20(11)17(21)16-7-6-15(22-16)13-2-4-14(18)5-3-13/h2-7,11-12H,8-10,19H2,1H3. The highest BCUT2D eigenvalue weighted by Gasteiger charge is 2.32. The highest BCUT2D eigenvalue weighted by atomic mass is 32.1. The average Bonchev–Trinajstić information content (AvgIpc) is 3.14. The third-order valence-corrected chi connectivity index (χ3v) is 5.32. The van der Waals surface area contributed by atoms with E-state index in [0.717, 1.165) is 28.3 Å². The molecule has 1 aliphatic heterocycles.